The van der Waals surface area contributed by atoms with Gasteiger partial charge in [-0.15, -0.1) is 0 Å². The van der Waals surface area contributed by atoms with Gasteiger partial charge >= 0.3 is 5.97 Å². The van der Waals surface area contributed by atoms with E-state index in [4.69, 9.17) is 10.5 Å². The molecule has 0 aliphatic rings. The van der Waals surface area contributed by atoms with Gasteiger partial charge in [-0.25, -0.2) is 13.9 Å². The minimum atomic E-state index is -1.07. The van der Waals surface area contributed by atoms with Crippen LogP contribution >= 0.6 is 0 Å². The molecule has 0 aliphatic carbocycles. The van der Waals surface area contributed by atoms with Gasteiger partial charge in [0.1, 0.15) is 11.4 Å². The Kier molecular flexibility index (Phi) is 4.34. The number of ether oxygens (including phenoxy) is 1. The van der Waals surface area contributed by atoms with Crippen LogP contribution in [0.25, 0.3) is 11.5 Å². The highest BCUT2D eigenvalue weighted by Gasteiger charge is 2.24. The number of hydrogen-bond donors (Lipinski definition) is 1. The van der Waals surface area contributed by atoms with Crippen LogP contribution in [0, 0.1) is 5.82 Å². The quantitative estimate of drug-likeness (QED) is 0.716. The number of carbonyl (C=O) groups is 2. The largest absolute Gasteiger partial charge is 0.449 e. The molecule has 0 saturated carbocycles. The summed E-state index contributed by atoms with van der Waals surface area (Å²) < 4.78 is 21.4. The Labute approximate surface area is 142 Å². The molecule has 0 aliphatic heterocycles. The monoisotopic (exact) mass is 342 g/mol. The normalized spacial score (nSPS) is 11.9. The number of nitrogens with zero attached hydrogens (tertiary/aromatic N) is 3. The van der Waals surface area contributed by atoms with Crippen LogP contribution in [0.4, 0.5) is 4.39 Å². The van der Waals surface area contributed by atoms with Gasteiger partial charge in [0.15, 0.2) is 11.9 Å². The molecule has 3 aromatic rings. The third-order valence-electron chi connectivity index (χ3n) is 3.57. The summed E-state index contributed by atoms with van der Waals surface area (Å²) in [4.78, 5) is 23.5. The van der Waals surface area contributed by atoms with E-state index < -0.39 is 18.0 Å². The minimum absolute atomic E-state index is 0.147. The fraction of sp³-hybridized carbons (Fsp3) is 0.118. The summed E-state index contributed by atoms with van der Waals surface area (Å²) in [7, 11) is 0. The van der Waals surface area contributed by atoms with Crippen LogP contribution in [0.5, 0.6) is 0 Å². The average molecular weight is 342 g/mol. The lowest BCUT2D eigenvalue weighted by Gasteiger charge is -2.12. The number of benzene rings is 1. The van der Waals surface area contributed by atoms with E-state index in [1.54, 1.807) is 29.1 Å². The Balaban J connectivity index is 2.06. The van der Waals surface area contributed by atoms with Crippen molar-refractivity contribution in [2.24, 2.45) is 5.73 Å². The van der Waals surface area contributed by atoms with Crippen molar-refractivity contribution in [1.82, 2.24) is 14.3 Å². The van der Waals surface area contributed by atoms with Gasteiger partial charge in [-0.3, -0.25) is 4.79 Å². The smallest absolute Gasteiger partial charge is 0.344 e. The van der Waals surface area contributed by atoms with Gasteiger partial charge in [0.25, 0.3) is 5.91 Å². The zero-order chi connectivity index (χ0) is 18.0. The van der Waals surface area contributed by atoms with E-state index in [1.807, 2.05) is 0 Å². The van der Waals surface area contributed by atoms with Crippen molar-refractivity contribution in [3.63, 3.8) is 0 Å². The first kappa shape index (κ1) is 16.4. The Morgan fingerprint density at radius 1 is 1.20 bits per heavy atom. The number of amides is 1. The topological polar surface area (TPSA) is 92.1 Å². The van der Waals surface area contributed by atoms with Crippen molar-refractivity contribution in [3.05, 3.63) is 66.4 Å². The summed E-state index contributed by atoms with van der Waals surface area (Å²) in [5.74, 6) is -1.46. The maximum absolute atomic E-state index is 13.2. The second-order valence-electron chi connectivity index (χ2n) is 5.31. The van der Waals surface area contributed by atoms with Crippen LogP contribution in [-0.4, -0.2) is 32.3 Å². The van der Waals surface area contributed by atoms with Crippen LogP contribution in [-0.2, 0) is 9.53 Å². The summed E-state index contributed by atoms with van der Waals surface area (Å²) in [6, 6.07) is 9.23. The number of esters is 1. The summed E-state index contributed by atoms with van der Waals surface area (Å²) in [5, 5.41) is 4.20. The fourth-order valence-corrected chi connectivity index (χ4v) is 2.26. The molecule has 3 rings (SSSR count). The van der Waals surface area contributed by atoms with Gasteiger partial charge in [0, 0.05) is 12.4 Å². The average Bonchev–Trinajstić information content (AvgIpc) is 3.24. The molecule has 2 N–H and O–H groups in total. The zero-order valence-corrected chi connectivity index (χ0v) is 13.3. The van der Waals surface area contributed by atoms with E-state index in [0.717, 1.165) is 0 Å². The first-order valence-corrected chi connectivity index (χ1v) is 7.45. The van der Waals surface area contributed by atoms with Gasteiger partial charge in [-0.2, -0.15) is 5.10 Å². The number of nitrogens with two attached hydrogens (primary N) is 1. The number of rotatable bonds is 5. The molecule has 0 unspecified atom stereocenters. The van der Waals surface area contributed by atoms with Crippen molar-refractivity contribution < 1.29 is 18.7 Å². The van der Waals surface area contributed by atoms with Crippen molar-refractivity contribution >= 4 is 11.9 Å². The second kappa shape index (κ2) is 6.60. The zero-order valence-electron chi connectivity index (χ0n) is 13.3. The molecule has 25 heavy (non-hydrogen) atoms. The molecule has 0 radical (unpaired) electrons. The summed E-state index contributed by atoms with van der Waals surface area (Å²) in [6.45, 7) is 1.39. The Morgan fingerprint density at radius 2 is 1.84 bits per heavy atom. The second-order valence-corrected chi connectivity index (χ2v) is 5.31. The summed E-state index contributed by atoms with van der Waals surface area (Å²) in [6.07, 6.45) is 3.71. The maximum Gasteiger partial charge on any atom is 0.344 e. The van der Waals surface area contributed by atoms with Gasteiger partial charge in [-0.05, 0) is 43.3 Å². The molecule has 1 atom stereocenters. The Morgan fingerprint density at radius 3 is 2.44 bits per heavy atom. The standard InChI is InChI=1S/C17H15FN4O3/c1-11(15(19)23)25-17(24)14-10-20-22(13-6-4-12(18)5-7-13)16(14)21-8-2-3-9-21/h2-11H,1H3,(H2,19,23)/t11-/m1/s1. The molecule has 0 spiro atoms. The van der Waals surface area contributed by atoms with E-state index in [9.17, 15) is 14.0 Å². The summed E-state index contributed by atoms with van der Waals surface area (Å²) in [5.41, 5.74) is 5.84. The van der Waals surface area contributed by atoms with Gasteiger partial charge in [0.05, 0.1) is 11.9 Å². The van der Waals surface area contributed by atoms with Gasteiger partial charge in [0.2, 0.25) is 0 Å². The molecule has 0 fully saturated rings. The predicted octanol–water partition coefficient (Wildman–Crippen LogP) is 1.83. The number of primary amides is 1. The Hall–Kier alpha value is -3.42. The van der Waals surface area contributed by atoms with E-state index in [0.29, 0.717) is 11.5 Å². The van der Waals surface area contributed by atoms with Crippen LogP contribution in [0.2, 0.25) is 0 Å². The van der Waals surface area contributed by atoms with Gasteiger partial charge in [-0.1, -0.05) is 0 Å². The molecule has 1 aromatic carbocycles. The molecular weight excluding hydrogens is 327 g/mol. The molecule has 0 saturated heterocycles. The SMILES string of the molecule is C[C@@H](OC(=O)c1cnn(-c2ccc(F)cc2)c1-n1cccc1)C(N)=O. The molecule has 7 nitrogen and oxygen atoms in total. The lowest BCUT2D eigenvalue weighted by Crippen LogP contribution is -2.30. The van der Waals surface area contributed by atoms with Crippen LogP contribution in [0.3, 0.4) is 0 Å². The maximum atomic E-state index is 13.2. The van der Waals surface area contributed by atoms with Crippen LogP contribution in [0.15, 0.2) is 55.0 Å². The van der Waals surface area contributed by atoms with E-state index in [1.165, 1.54) is 42.1 Å². The van der Waals surface area contributed by atoms with Crippen molar-refractivity contribution in [2.45, 2.75) is 13.0 Å². The third-order valence-corrected chi connectivity index (χ3v) is 3.57. The lowest BCUT2D eigenvalue weighted by molar-refractivity contribution is -0.125. The molecule has 1 amide bonds. The third kappa shape index (κ3) is 3.27. The molecular formula is C17H15FN4O3. The Bertz CT molecular complexity index is 901. The highest BCUT2D eigenvalue weighted by atomic mass is 19.1. The van der Waals surface area contributed by atoms with Crippen molar-refractivity contribution in [1.29, 1.82) is 0 Å². The first-order valence-electron chi connectivity index (χ1n) is 7.45. The lowest BCUT2D eigenvalue weighted by atomic mass is 10.3. The molecule has 2 aromatic heterocycles. The molecule has 2 heterocycles. The van der Waals surface area contributed by atoms with Gasteiger partial charge < -0.3 is 15.0 Å². The number of aromatic nitrogens is 3. The van der Waals surface area contributed by atoms with Crippen LogP contribution < -0.4 is 5.73 Å². The predicted molar refractivity (Wildman–Crippen MR) is 86.9 cm³/mol. The number of hydrogen-bond acceptors (Lipinski definition) is 4. The highest BCUT2D eigenvalue weighted by molar-refractivity contribution is 5.94. The molecule has 0 bridgehead atoms. The van der Waals surface area contributed by atoms with Crippen LogP contribution in [0.1, 0.15) is 17.3 Å². The fourth-order valence-electron chi connectivity index (χ4n) is 2.26. The first-order chi connectivity index (χ1) is 12.0. The number of carbonyl (C=O) groups excluding carboxylic acids is 2. The highest BCUT2D eigenvalue weighted by Crippen LogP contribution is 2.21. The minimum Gasteiger partial charge on any atom is -0.449 e. The number of halogens is 1. The molecule has 8 heteroatoms. The van der Waals surface area contributed by atoms with Crippen molar-refractivity contribution in [2.75, 3.05) is 0 Å². The van der Waals surface area contributed by atoms with E-state index >= 15 is 0 Å². The van der Waals surface area contributed by atoms with Crippen molar-refractivity contribution in [3.8, 4) is 11.5 Å². The van der Waals surface area contributed by atoms with E-state index in [2.05, 4.69) is 5.10 Å². The summed E-state index contributed by atoms with van der Waals surface area (Å²) >= 11 is 0. The van der Waals surface area contributed by atoms with E-state index in [-0.39, 0.29) is 11.4 Å². The molecule has 128 valence electrons.